The van der Waals surface area contributed by atoms with Crippen LogP contribution in [-0.2, 0) is 11.3 Å². The molecule has 0 aliphatic rings. The molecule has 0 radical (unpaired) electrons. The van der Waals surface area contributed by atoms with Crippen molar-refractivity contribution < 1.29 is 4.79 Å². The van der Waals surface area contributed by atoms with Crippen molar-refractivity contribution >= 4 is 34.8 Å². The van der Waals surface area contributed by atoms with Crippen molar-refractivity contribution in [2.45, 2.75) is 18.6 Å². The van der Waals surface area contributed by atoms with E-state index in [0.717, 1.165) is 17.2 Å². The number of anilines is 1. The Kier molecular flexibility index (Phi) is 5.73. The molecule has 3 aromatic rings. The highest BCUT2D eigenvalue weighted by molar-refractivity contribution is 7.99. The van der Waals surface area contributed by atoms with Gasteiger partial charge in [-0.15, -0.1) is 10.2 Å². The molecular weight excluding hydrogens is 356 g/mol. The molecule has 2 aromatic carbocycles. The summed E-state index contributed by atoms with van der Waals surface area (Å²) in [4.78, 5) is 11.3. The molecule has 0 saturated heterocycles. The highest BCUT2D eigenvalue weighted by Crippen LogP contribution is 2.24. The maximum atomic E-state index is 11.3. The van der Waals surface area contributed by atoms with E-state index >= 15 is 0 Å². The fourth-order valence-electron chi connectivity index (χ4n) is 2.26. The number of ketones is 1. The van der Waals surface area contributed by atoms with E-state index in [4.69, 9.17) is 11.6 Å². The van der Waals surface area contributed by atoms with Crippen molar-refractivity contribution in [3.8, 4) is 5.69 Å². The summed E-state index contributed by atoms with van der Waals surface area (Å²) < 4.78 is 1.94. The van der Waals surface area contributed by atoms with Crippen LogP contribution in [0.3, 0.4) is 0 Å². The Morgan fingerprint density at radius 2 is 1.84 bits per heavy atom. The molecule has 0 unspecified atom stereocenters. The number of rotatable bonds is 7. The van der Waals surface area contributed by atoms with Crippen LogP contribution in [0.25, 0.3) is 5.69 Å². The molecule has 0 spiro atoms. The zero-order valence-electron chi connectivity index (χ0n) is 13.6. The number of carbonyl (C=O) groups excluding carboxylic acids is 1. The number of para-hydroxylation sites is 1. The SMILES string of the molecule is CC(=O)CSc1nnc(CNc2ccccc2)n1-c1ccc(Cl)cc1. The van der Waals surface area contributed by atoms with Gasteiger partial charge in [0, 0.05) is 16.4 Å². The monoisotopic (exact) mass is 372 g/mol. The average molecular weight is 373 g/mol. The van der Waals surface area contributed by atoms with Crippen LogP contribution in [-0.4, -0.2) is 26.3 Å². The largest absolute Gasteiger partial charge is 0.378 e. The number of benzene rings is 2. The van der Waals surface area contributed by atoms with Gasteiger partial charge in [0.25, 0.3) is 0 Å². The minimum Gasteiger partial charge on any atom is -0.378 e. The second-order valence-electron chi connectivity index (χ2n) is 5.42. The van der Waals surface area contributed by atoms with Crippen molar-refractivity contribution in [2.75, 3.05) is 11.1 Å². The molecule has 1 heterocycles. The summed E-state index contributed by atoms with van der Waals surface area (Å²) in [5.74, 6) is 1.22. The van der Waals surface area contributed by atoms with Gasteiger partial charge in [-0.2, -0.15) is 0 Å². The zero-order valence-corrected chi connectivity index (χ0v) is 15.2. The standard InChI is InChI=1S/C18H17ClN4OS/c1-13(24)12-25-18-22-21-17(11-20-15-5-3-2-4-6-15)23(18)16-9-7-14(19)8-10-16/h2-10,20H,11-12H2,1H3. The van der Waals surface area contributed by atoms with Crippen molar-refractivity contribution in [1.29, 1.82) is 0 Å². The predicted molar refractivity (Wildman–Crippen MR) is 102 cm³/mol. The number of aromatic nitrogens is 3. The molecule has 1 N–H and O–H groups in total. The van der Waals surface area contributed by atoms with Gasteiger partial charge in [0.05, 0.1) is 12.3 Å². The Hall–Kier alpha value is -2.31. The van der Waals surface area contributed by atoms with E-state index in [1.807, 2.05) is 59.2 Å². The summed E-state index contributed by atoms with van der Waals surface area (Å²) in [7, 11) is 0. The Labute approximate surface area is 155 Å². The summed E-state index contributed by atoms with van der Waals surface area (Å²) >= 11 is 7.37. The van der Waals surface area contributed by atoms with Crippen LogP contribution < -0.4 is 5.32 Å². The minimum absolute atomic E-state index is 0.0969. The Bertz CT molecular complexity index is 849. The van der Waals surface area contributed by atoms with E-state index in [1.165, 1.54) is 11.8 Å². The molecule has 0 atom stereocenters. The number of thioether (sulfide) groups is 1. The molecule has 0 bridgehead atoms. The molecule has 3 rings (SSSR count). The summed E-state index contributed by atoms with van der Waals surface area (Å²) in [5.41, 5.74) is 1.91. The normalized spacial score (nSPS) is 10.6. The average Bonchev–Trinajstić information content (AvgIpc) is 3.02. The number of hydrogen-bond acceptors (Lipinski definition) is 5. The number of nitrogens with zero attached hydrogens (tertiary/aromatic N) is 3. The predicted octanol–water partition coefficient (Wildman–Crippen LogP) is 4.21. The molecule has 0 aliphatic carbocycles. The molecule has 1 aromatic heterocycles. The smallest absolute Gasteiger partial charge is 0.196 e. The van der Waals surface area contributed by atoms with Gasteiger partial charge in [0.1, 0.15) is 5.78 Å². The van der Waals surface area contributed by atoms with Crippen LogP contribution in [0.5, 0.6) is 0 Å². The zero-order chi connectivity index (χ0) is 17.6. The number of hydrogen-bond donors (Lipinski definition) is 1. The lowest BCUT2D eigenvalue weighted by Gasteiger charge is -2.11. The minimum atomic E-state index is 0.0969. The number of nitrogens with one attached hydrogen (secondary N) is 1. The van der Waals surface area contributed by atoms with Crippen molar-refractivity contribution in [3.63, 3.8) is 0 Å². The van der Waals surface area contributed by atoms with Gasteiger partial charge in [-0.05, 0) is 43.3 Å². The van der Waals surface area contributed by atoms with Crippen LogP contribution >= 0.6 is 23.4 Å². The van der Waals surface area contributed by atoms with E-state index < -0.39 is 0 Å². The Balaban J connectivity index is 1.88. The molecule has 5 nitrogen and oxygen atoms in total. The van der Waals surface area contributed by atoms with Crippen molar-refractivity contribution in [2.24, 2.45) is 0 Å². The first-order valence-electron chi connectivity index (χ1n) is 7.75. The summed E-state index contributed by atoms with van der Waals surface area (Å²) in [5, 5.41) is 13.2. The van der Waals surface area contributed by atoms with Gasteiger partial charge >= 0.3 is 0 Å². The van der Waals surface area contributed by atoms with Crippen LogP contribution in [0.1, 0.15) is 12.7 Å². The molecule has 7 heteroatoms. The van der Waals surface area contributed by atoms with Crippen LogP contribution in [0.15, 0.2) is 59.8 Å². The van der Waals surface area contributed by atoms with E-state index in [9.17, 15) is 4.79 Å². The maximum absolute atomic E-state index is 11.3. The number of Topliss-reactive ketones (excluding diaryl/α,β-unsaturated/α-hetero) is 1. The molecular formula is C18H17ClN4OS. The second-order valence-corrected chi connectivity index (χ2v) is 6.80. The van der Waals surface area contributed by atoms with Crippen LogP contribution in [0, 0.1) is 0 Å². The van der Waals surface area contributed by atoms with Gasteiger partial charge in [-0.1, -0.05) is 41.6 Å². The third-order valence-electron chi connectivity index (χ3n) is 3.41. The fraction of sp³-hybridized carbons (Fsp3) is 0.167. The molecule has 0 amide bonds. The molecule has 25 heavy (non-hydrogen) atoms. The highest BCUT2D eigenvalue weighted by atomic mass is 35.5. The first-order valence-corrected chi connectivity index (χ1v) is 9.11. The highest BCUT2D eigenvalue weighted by Gasteiger charge is 2.15. The Morgan fingerprint density at radius 1 is 1.12 bits per heavy atom. The van der Waals surface area contributed by atoms with Gasteiger partial charge in [0.2, 0.25) is 0 Å². The van der Waals surface area contributed by atoms with Gasteiger partial charge in [-0.25, -0.2) is 0 Å². The van der Waals surface area contributed by atoms with Gasteiger partial charge in [0.15, 0.2) is 11.0 Å². The van der Waals surface area contributed by atoms with E-state index in [0.29, 0.717) is 22.5 Å². The lowest BCUT2D eigenvalue weighted by molar-refractivity contribution is -0.114. The summed E-state index contributed by atoms with van der Waals surface area (Å²) in [6.45, 7) is 2.08. The first-order chi connectivity index (χ1) is 12.1. The third kappa shape index (κ3) is 4.61. The van der Waals surface area contributed by atoms with Crippen molar-refractivity contribution in [3.05, 3.63) is 65.4 Å². The summed E-state index contributed by atoms with van der Waals surface area (Å²) in [6, 6.07) is 17.4. The quantitative estimate of drug-likeness (QED) is 0.629. The Morgan fingerprint density at radius 3 is 2.52 bits per heavy atom. The van der Waals surface area contributed by atoms with Gasteiger partial charge < -0.3 is 5.32 Å². The third-order valence-corrected chi connectivity index (χ3v) is 4.74. The van der Waals surface area contributed by atoms with E-state index in [1.54, 1.807) is 6.92 Å². The van der Waals surface area contributed by atoms with E-state index in [-0.39, 0.29) is 5.78 Å². The van der Waals surface area contributed by atoms with Crippen molar-refractivity contribution in [1.82, 2.24) is 14.8 Å². The molecule has 0 aliphatic heterocycles. The second kappa shape index (κ2) is 8.18. The fourth-order valence-corrected chi connectivity index (χ4v) is 3.16. The lowest BCUT2D eigenvalue weighted by Crippen LogP contribution is -2.08. The number of halogens is 1. The number of carbonyl (C=O) groups is 1. The molecule has 0 fully saturated rings. The first kappa shape index (κ1) is 17.5. The van der Waals surface area contributed by atoms with E-state index in [2.05, 4.69) is 15.5 Å². The van der Waals surface area contributed by atoms with Crippen LogP contribution in [0.4, 0.5) is 5.69 Å². The van der Waals surface area contributed by atoms with Crippen LogP contribution in [0.2, 0.25) is 5.02 Å². The van der Waals surface area contributed by atoms with Gasteiger partial charge in [-0.3, -0.25) is 9.36 Å². The molecule has 0 saturated carbocycles. The summed E-state index contributed by atoms with van der Waals surface area (Å²) in [6.07, 6.45) is 0. The topological polar surface area (TPSA) is 59.8 Å². The molecule has 128 valence electrons. The lowest BCUT2D eigenvalue weighted by atomic mass is 10.3. The maximum Gasteiger partial charge on any atom is 0.196 e.